The van der Waals surface area contributed by atoms with E-state index < -0.39 is 5.79 Å². The summed E-state index contributed by atoms with van der Waals surface area (Å²) < 4.78 is 12.1. The minimum atomic E-state index is -0.603. The van der Waals surface area contributed by atoms with Gasteiger partial charge in [-0.15, -0.1) is 0 Å². The summed E-state index contributed by atoms with van der Waals surface area (Å²) in [5.74, 6) is 1.18. The van der Waals surface area contributed by atoms with Gasteiger partial charge in [0.1, 0.15) is 0 Å². The average Bonchev–Trinajstić information content (AvgIpc) is 2.88. The molecular formula is C23H34O4. The third kappa shape index (κ3) is 1.77. The van der Waals surface area contributed by atoms with Crippen molar-refractivity contribution in [3.63, 3.8) is 0 Å². The molecule has 4 nitrogen and oxygen atoms in total. The predicted molar refractivity (Wildman–Crippen MR) is 101 cm³/mol. The van der Waals surface area contributed by atoms with E-state index in [2.05, 4.69) is 26.8 Å². The highest BCUT2D eigenvalue weighted by atomic mass is 16.7. The summed E-state index contributed by atoms with van der Waals surface area (Å²) in [6.45, 7) is 8.01. The second kappa shape index (κ2) is 5.00. The van der Waals surface area contributed by atoms with Crippen LogP contribution in [0.5, 0.6) is 0 Å². The maximum absolute atomic E-state index is 11.5. The molecule has 4 saturated carbocycles. The highest BCUT2D eigenvalue weighted by molar-refractivity contribution is 5.36. The molecule has 9 atom stereocenters. The molecule has 6 aliphatic rings. The minimum absolute atomic E-state index is 0.150. The fourth-order valence-electron chi connectivity index (χ4n) is 9.12. The summed E-state index contributed by atoms with van der Waals surface area (Å²) in [4.78, 5) is 0. The van der Waals surface area contributed by atoms with E-state index in [1.54, 1.807) is 0 Å². The van der Waals surface area contributed by atoms with E-state index in [-0.39, 0.29) is 34.4 Å². The highest BCUT2D eigenvalue weighted by Crippen LogP contribution is 2.81. The van der Waals surface area contributed by atoms with E-state index in [0.29, 0.717) is 25.0 Å². The number of ether oxygens (including phenoxy) is 2. The molecule has 1 aliphatic heterocycles. The van der Waals surface area contributed by atoms with Crippen LogP contribution < -0.4 is 0 Å². The Morgan fingerprint density at radius 3 is 2.48 bits per heavy atom. The SMILES string of the molecule is CC1(C2CC=C3C4CC(O)C56C[C@@H]5CC[C@]6(C)C4CC(O)[C@@]32C)OCCO1. The molecule has 5 fully saturated rings. The average molecular weight is 375 g/mol. The van der Waals surface area contributed by atoms with Crippen LogP contribution in [-0.4, -0.2) is 41.4 Å². The maximum atomic E-state index is 11.5. The first-order valence-corrected chi connectivity index (χ1v) is 11.1. The molecule has 2 N–H and O–H groups in total. The number of aliphatic hydroxyl groups is 2. The van der Waals surface area contributed by atoms with Gasteiger partial charge in [0.05, 0.1) is 25.4 Å². The van der Waals surface area contributed by atoms with Gasteiger partial charge in [-0.05, 0) is 68.6 Å². The molecule has 1 spiro atoms. The third-order valence-electron chi connectivity index (χ3n) is 10.6. The summed E-state index contributed by atoms with van der Waals surface area (Å²) >= 11 is 0. The molecule has 27 heavy (non-hydrogen) atoms. The maximum Gasteiger partial charge on any atom is 0.169 e. The Hall–Kier alpha value is -0.420. The van der Waals surface area contributed by atoms with E-state index in [1.807, 2.05) is 0 Å². The molecule has 0 aromatic heterocycles. The number of aliphatic hydroxyl groups excluding tert-OH is 2. The van der Waals surface area contributed by atoms with Gasteiger partial charge in [-0.1, -0.05) is 25.5 Å². The highest BCUT2D eigenvalue weighted by Gasteiger charge is 2.77. The molecular weight excluding hydrogens is 340 g/mol. The molecule has 0 radical (unpaired) electrons. The molecule has 0 aromatic rings. The predicted octanol–water partition coefficient (Wildman–Crippen LogP) is 3.27. The Balaban J connectivity index is 1.40. The van der Waals surface area contributed by atoms with Crippen molar-refractivity contribution < 1.29 is 19.7 Å². The second-order valence-corrected chi connectivity index (χ2v) is 11.1. The van der Waals surface area contributed by atoms with Gasteiger partial charge in [0.25, 0.3) is 0 Å². The quantitative estimate of drug-likeness (QED) is 0.692. The standard InChI is InChI=1S/C23H34O4/c1-20-7-6-13-12-23(13,20)19(25)10-14-15-4-5-17(22(3)26-8-9-27-22)21(15,2)18(24)11-16(14)20/h4,13-14,16-19,24-25H,5-12H2,1-3H3/t13-,14?,16?,17?,18?,19?,20+,21-,23?/m0/s1. The molecule has 0 amide bonds. The first-order valence-electron chi connectivity index (χ1n) is 11.1. The molecule has 1 saturated heterocycles. The van der Waals surface area contributed by atoms with Gasteiger partial charge in [-0.2, -0.15) is 0 Å². The van der Waals surface area contributed by atoms with Crippen molar-refractivity contribution in [3.8, 4) is 0 Å². The van der Waals surface area contributed by atoms with Crippen LogP contribution in [0.25, 0.3) is 0 Å². The molecule has 0 bridgehead atoms. The van der Waals surface area contributed by atoms with E-state index in [9.17, 15) is 10.2 Å². The Labute approximate surface area is 162 Å². The first kappa shape index (κ1) is 17.4. The van der Waals surface area contributed by atoms with Gasteiger partial charge in [0.2, 0.25) is 0 Å². The van der Waals surface area contributed by atoms with Gasteiger partial charge in [0, 0.05) is 16.7 Å². The van der Waals surface area contributed by atoms with Crippen molar-refractivity contribution >= 4 is 0 Å². The van der Waals surface area contributed by atoms with Crippen molar-refractivity contribution in [2.45, 2.75) is 77.3 Å². The Morgan fingerprint density at radius 2 is 1.78 bits per heavy atom. The third-order valence-corrected chi connectivity index (χ3v) is 10.6. The van der Waals surface area contributed by atoms with Crippen LogP contribution >= 0.6 is 0 Å². The van der Waals surface area contributed by atoms with E-state index in [1.165, 1.54) is 24.8 Å². The fraction of sp³-hybridized carbons (Fsp3) is 0.913. The van der Waals surface area contributed by atoms with Crippen LogP contribution in [0, 0.1) is 39.9 Å². The Kier molecular flexibility index (Phi) is 3.23. The van der Waals surface area contributed by atoms with Gasteiger partial charge < -0.3 is 19.7 Å². The van der Waals surface area contributed by atoms with Crippen LogP contribution in [-0.2, 0) is 9.47 Å². The van der Waals surface area contributed by atoms with E-state index in [4.69, 9.17) is 9.47 Å². The van der Waals surface area contributed by atoms with Crippen molar-refractivity contribution in [1.29, 1.82) is 0 Å². The van der Waals surface area contributed by atoms with Crippen LogP contribution in [0.2, 0.25) is 0 Å². The van der Waals surface area contributed by atoms with Crippen molar-refractivity contribution in [2.75, 3.05) is 13.2 Å². The number of rotatable bonds is 1. The summed E-state index contributed by atoms with van der Waals surface area (Å²) in [6.07, 6.45) is 8.21. The number of allylic oxidation sites excluding steroid dienone is 1. The molecule has 6 rings (SSSR count). The second-order valence-electron chi connectivity index (χ2n) is 11.1. The molecule has 5 aliphatic carbocycles. The number of fused-ring (bicyclic) bond motifs is 4. The zero-order valence-electron chi connectivity index (χ0n) is 16.9. The molecule has 1 heterocycles. The van der Waals surface area contributed by atoms with E-state index >= 15 is 0 Å². The number of hydrogen-bond donors (Lipinski definition) is 2. The lowest BCUT2D eigenvalue weighted by molar-refractivity contribution is -0.223. The van der Waals surface area contributed by atoms with Gasteiger partial charge in [0.15, 0.2) is 5.79 Å². The molecule has 4 heteroatoms. The summed E-state index contributed by atoms with van der Waals surface area (Å²) in [5, 5.41) is 22.7. The normalized spacial score (nSPS) is 60.3. The van der Waals surface area contributed by atoms with Crippen LogP contribution in [0.3, 0.4) is 0 Å². The summed E-state index contributed by atoms with van der Waals surface area (Å²) in [7, 11) is 0. The van der Waals surface area contributed by atoms with E-state index in [0.717, 1.165) is 25.2 Å². The lowest BCUT2D eigenvalue weighted by Crippen LogP contribution is -2.60. The van der Waals surface area contributed by atoms with Gasteiger partial charge in [-0.25, -0.2) is 0 Å². The van der Waals surface area contributed by atoms with Gasteiger partial charge in [-0.3, -0.25) is 0 Å². The van der Waals surface area contributed by atoms with Crippen molar-refractivity contribution in [3.05, 3.63) is 11.6 Å². The largest absolute Gasteiger partial charge is 0.392 e. The first-order chi connectivity index (χ1) is 12.8. The molecule has 150 valence electrons. The smallest absolute Gasteiger partial charge is 0.169 e. The van der Waals surface area contributed by atoms with Gasteiger partial charge >= 0.3 is 0 Å². The molecule has 0 aromatic carbocycles. The topological polar surface area (TPSA) is 58.9 Å². The lowest BCUT2D eigenvalue weighted by Gasteiger charge is -2.60. The zero-order chi connectivity index (χ0) is 18.8. The van der Waals surface area contributed by atoms with Crippen LogP contribution in [0.1, 0.15) is 59.3 Å². The Morgan fingerprint density at radius 1 is 1.04 bits per heavy atom. The van der Waals surface area contributed by atoms with Crippen LogP contribution in [0.4, 0.5) is 0 Å². The number of hydrogen-bond acceptors (Lipinski definition) is 4. The fourth-order valence-corrected chi connectivity index (χ4v) is 9.12. The lowest BCUT2D eigenvalue weighted by atomic mass is 9.46. The van der Waals surface area contributed by atoms with Crippen molar-refractivity contribution in [2.24, 2.45) is 39.9 Å². The Bertz CT molecular complexity index is 711. The van der Waals surface area contributed by atoms with Crippen LogP contribution in [0.15, 0.2) is 11.6 Å². The summed E-state index contributed by atoms with van der Waals surface area (Å²) in [6, 6.07) is 0. The van der Waals surface area contributed by atoms with Crippen molar-refractivity contribution in [1.82, 2.24) is 0 Å². The summed E-state index contributed by atoms with van der Waals surface area (Å²) in [5.41, 5.74) is 1.44. The zero-order valence-corrected chi connectivity index (χ0v) is 16.9. The molecule has 6 unspecified atom stereocenters. The monoisotopic (exact) mass is 374 g/mol. The minimum Gasteiger partial charge on any atom is -0.392 e.